The van der Waals surface area contributed by atoms with Crippen molar-refractivity contribution in [3.8, 4) is 5.75 Å². The summed E-state index contributed by atoms with van der Waals surface area (Å²) >= 11 is 0. The summed E-state index contributed by atoms with van der Waals surface area (Å²) in [6, 6.07) is 13.7. The van der Waals surface area contributed by atoms with Crippen LogP contribution in [0.15, 0.2) is 48.5 Å². The highest BCUT2D eigenvalue weighted by molar-refractivity contribution is 5.95. The number of hydrogen-bond acceptors (Lipinski definition) is 7. The zero-order valence-electron chi connectivity index (χ0n) is 17.1. The van der Waals surface area contributed by atoms with Gasteiger partial charge in [0.05, 0.1) is 21.3 Å². The second-order valence-electron chi connectivity index (χ2n) is 6.56. The molecule has 2 rings (SSSR count). The molecule has 0 spiro atoms. The van der Waals surface area contributed by atoms with Crippen LogP contribution in [-0.4, -0.2) is 50.4 Å². The van der Waals surface area contributed by atoms with Crippen molar-refractivity contribution >= 4 is 23.5 Å². The van der Waals surface area contributed by atoms with E-state index in [0.29, 0.717) is 22.6 Å². The molecular formula is C22H25NO7. The smallest absolute Gasteiger partial charge is 0.320 e. The standard InChI is InChI=1S/C22H25NO7/c1-28-17-9-7-16(8-10-17)23-20(25)19(24)13-15-6-4-5-14(11-15)12-18(21(26)29-2)22(27)30-3/h4-11,18-19,24H,12-13H2,1-3H3,(H,23,25). The van der Waals surface area contributed by atoms with E-state index in [1.54, 1.807) is 55.6 Å². The number of anilines is 1. The molecule has 0 bridgehead atoms. The van der Waals surface area contributed by atoms with Crippen LogP contribution in [0.25, 0.3) is 0 Å². The topological polar surface area (TPSA) is 111 Å². The maximum atomic E-state index is 12.3. The van der Waals surface area contributed by atoms with Gasteiger partial charge >= 0.3 is 11.9 Å². The first-order valence-corrected chi connectivity index (χ1v) is 9.24. The minimum Gasteiger partial charge on any atom is -0.497 e. The SMILES string of the molecule is COC(=O)C(Cc1cccc(CC(O)C(=O)Nc2ccc(OC)cc2)c1)C(=O)OC. The van der Waals surface area contributed by atoms with Crippen molar-refractivity contribution in [2.45, 2.75) is 18.9 Å². The number of esters is 2. The molecule has 1 amide bonds. The van der Waals surface area contributed by atoms with Gasteiger partial charge in [-0.25, -0.2) is 0 Å². The Balaban J connectivity index is 2.03. The van der Waals surface area contributed by atoms with Crippen molar-refractivity contribution in [1.82, 2.24) is 0 Å². The zero-order chi connectivity index (χ0) is 22.1. The Labute approximate surface area is 174 Å². The molecule has 160 valence electrons. The molecule has 30 heavy (non-hydrogen) atoms. The lowest BCUT2D eigenvalue weighted by atomic mass is 9.96. The molecule has 2 N–H and O–H groups in total. The van der Waals surface area contributed by atoms with Gasteiger partial charge in [0.15, 0.2) is 5.92 Å². The van der Waals surface area contributed by atoms with Crippen LogP contribution in [0.1, 0.15) is 11.1 Å². The molecule has 8 heteroatoms. The highest BCUT2D eigenvalue weighted by Crippen LogP contribution is 2.17. The van der Waals surface area contributed by atoms with E-state index in [1.165, 1.54) is 14.2 Å². The van der Waals surface area contributed by atoms with Crippen LogP contribution in [0.2, 0.25) is 0 Å². The highest BCUT2D eigenvalue weighted by Gasteiger charge is 2.29. The molecule has 1 unspecified atom stereocenters. The number of nitrogens with one attached hydrogen (secondary N) is 1. The van der Waals surface area contributed by atoms with Crippen LogP contribution in [0.3, 0.4) is 0 Å². The molecule has 0 aliphatic heterocycles. The number of aliphatic hydroxyl groups excluding tert-OH is 1. The lowest BCUT2D eigenvalue weighted by molar-refractivity contribution is -0.158. The quantitative estimate of drug-likeness (QED) is 0.474. The van der Waals surface area contributed by atoms with Gasteiger partial charge in [-0.2, -0.15) is 0 Å². The van der Waals surface area contributed by atoms with Gasteiger partial charge in [-0.15, -0.1) is 0 Å². The average Bonchev–Trinajstić information content (AvgIpc) is 2.77. The number of amides is 1. The maximum Gasteiger partial charge on any atom is 0.320 e. The van der Waals surface area contributed by atoms with E-state index in [-0.39, 0.29) is 12.8 Å². The fourth-order valence-electron chi connectivity index (χ4n) is 2.88. The van der Waals surface area contributed by atoms with E-state index >= 15 is 0 Å². The number of hydrogen-bond donors (Lipinski definition) is 2. The number of aliphatic hydroxyl groups is 1. The van der Waals surface area contributed by atoms with Gasteiger partial charge in [-0.3, -0.25) is 14.4 Å². The molecule has 8 nitrogen and oxygen atoms in total. The van der Waals surface area contributed by atoms with Crippen LogP contribution in [0.5, 0.6) is 5.75 Å². The van der Waals surface area contributed by atoms with Crippen molar-refractivity contribution in [2.75, 3.05) is 26.6 Å². The summed E-state index contributed by atoms with van der Waals surface area (Å²) in [4.78, 5) is 36.0. The summed E-state index contributed by atoms with van der Waals surface area (Å²) in [6.07, 6.45) is -1.13. The number of carbonyl (C=O) groups excluding carboxylic acids is 3. The fraction of sp³-hybridized carbons (Fsp3) is 0.318. The van der Waals surface area contributed by atoms with Gasteiger partial charge in [0.25, 0.3) is 5.91 Å². The largest absolute Gasteiger partial charge is 0.497 e. The predicted molar refractivity (Wildman–Crippen MR) is 109 cm³/mol. The number of carbonyl (C=O) groups is 3. The highest BCUT2D eigenvalue weighted by atomic mass is 16.5. The molecule has 0 heterocycles. The van der Waals surface area contributed by atoms with Gasteiger partial charge < -0.3 is 24.6 Å². The Morgan fingerprint density at radius 2 is 1.47 bits per heavy atom. The van der Waals surface area contributed by atoms with Crippen LogP contribution in [0.4, 0.5) is 5.69 Å². The Bertz CT molecular complexity index is 863. The molecule has 2 aromatic rings. The lowest BCUT2D eigenvalue weighted by Gasteiger charge is -2.14. The molecule has 0 saturated carbocycles. The van der Waals surface area contributed by atoms with E-state index in [0.717, 1.165) is 0 Å². The summed E-state index contributed by atoms with van der Waals surface area (Å²) in [6.45, 7) is 0. The molecule has 0 aliphatic rings. The van der Waals surface area contributed by atoms with Gasteiger partial charge in [0.1, 0.15) is 11.9 Å². The van der Waals surface area contributed by atoms with Crippen LogP contribution >= 0.6 is 0 Å². The van der Waals surface area contributed by atoms with E-state index in [2.05, 4.69) is 14.8 Å². The van der Waals surface area contributed by atoms with Crippen molar-refractivity contribution in [1.29, 1.82) is 0 Å². The van der Waals surface area contributed by atoms with Crippen molar-refractivity contribution in [2.24, 2.45) is 5.92 Å². The van der Waals surface area contributed by atoms with Gasteiger partial charge in [0, 0.05) is 12.1 Å². The first-order chi connectivity index (χ1) is 14.4. The first-order valence-electron chi connectivity index (χ1n) is 9.24. The van der Waals surface area contributed by atoms with E-state index in [4.69, 9.17) is 4.74 Å². The zero-order valence-corrected chi connectivity index (χ0v) is 17.1. The molecule has 2 aromatic carbocycles. The summed E-state index contributed by atoms with van der Waals surface area (Å²) in [5.41, 5.74) is 1.89. The summed E-state index contributed by atoms with van der Waals surface area (Å²) < 4.78 is 14.4. The summed E-state index contributed by atoms with van der Waals surface area (Å²) in [5.74, 6) is -2.36. The third kappa shape index (κ3) is 6.31. The molecule has 1 atom stereocenters. The molecular weight excluding hydrogens is 390 g/mol. The minimum atomic E-state index is -1.28. The fourth-order valence-corrected chi connectivity index (χ4v) is 2.88. The Morgan fingerprint density at radius 1 is 0.900 bits per heavy atom. The summed E-state index contributed by atoms with van der Waals surface area (Å²) in [5, 5.41) is 12.9. The lowest BCUT2D eigenvalue weighted by Crippen LogP contribution is -2.30. The molecule has 0 aromatic heterocycles. The van der Waals surface area contributed by atoms with Gasteiger partial charge in [-0.1, -0.05) is 24.3 Å². The molecule has 0 radical (unpaired) electrons. The molecule has 0 aliphatic carbocycles. The van der Waals surface area contributed by atoms with E-state index < -0.39 is 29.9 Å². The second-order valence-corrected chi connectivity index (χ2v) is 6.56. The van der Waals surface area contributed by atoms with Crippen molar-refractivity contribution < 1.29 is 33.7 Å². The monoisotopic (exact) mass is 415 g/mol. The number of methoxy groups -OCH3 is 3. The number of ether oxygens (including phenoxy) is 3. The second kappa shape index (κ2) is 11.0. The van der Waals surface area contributed by atoms with E-state index in [1.807, 2.05) is 0 Å². The Morgan fingerprint density at radius 3 is 2.00 bits per heavy atom. The van der Waals surface area contributed by atoms with Gasteiger partial charge in [0.2, 0.25) is 0 Å². The van der Waals surface area contributed by atoms with Crippen molar-refractivity contribution in [3.63, 3.8) is 0 Å². The number of benzene rings is 2. The third-order valence-electron chi connectivity index (χ3n) is 4.49. The van der Waals surface area contributed by atoms with Crippen LogP contribution in [0, 0.1) is 5.92 Å². The van der Waals surface area contributed by atoms with Gasteiger partial charge in [-0.05, 0) is 41.8 Å². The van der Waals surface area contributed by atoms with Crippen molar-refractivity contribution in [3.05, 3.63) is 59.7 Å². The average molecular weight is 415 g/mol. The first kappa shape index (κ1) is 22.9. The van der Waals surface area contributed by atoms with Crippen LogP contribution < -0.4 is 10.1 Å². The number of rotatable bonds is 9. The maximum absolute atomic E-state index is 12.3. The Hall–Kier alpha value is -3.39. The predicted octanol–water partition coefficient (Wildman–Crippen LogP) is 1.74. The third-order valence-corrected chi connectivity index (χ3v) is 4.49. The molecule has 0 saturated heterocycles. The normalized spacial score (nSPS) is 11.5. The van der Waals surface area contributed by atoms with E-state index in [9.17, 15) is 19.5 Å². The van der Waals surface area contributed by atoms with Crippen LogP contribution in [-0.2, 0) is 36.7 Å². The Kier molecular flexibility index (Phi) is 8.37. The summed E-state index contributed by atoms with van der Waals surface area (Å²) in [7, 11) is 3.95. The molecule has 0 fully saturated rings. The minimum absolute atomic E-state index is 0.0664.